The smallest absolute Gasteiger partial charge is 0.266 e. The third-order valence-electron chi connectivity index (χ3n) is 7.05. The van der Waals surface area contributed by atoms with Gasteiger partial charge in [-0.1, -0.05) is 90.1 Å². The maximum absolute atomic E-state index is 13.7. The summed E-state index contributed by atoms with van der Waals surface area (Å²) in [5, 5.41) is 12.1. The number of halogens is 3. The van der Waals surface area contributed by atoms with Gasteiger partial charge in [-0.2, -0.15) is 0 Å². The average Bonchev–Trinajstić information content (AvgIpc) is 3.37. The maximum Gasteiger partial charge on any atom is 0.266 e. The molecule has 1 aliphatic rings. The van der Waals surface area contributed by atoms with Crippen LogP contribution in [-0.2, 0) is 5.75 Å². The van der Waals surface area contributed by atoms with E-state index in [9.17, 15) is 4.79 Å². The Bertz CT molecular complexity index is 1730. The van der Waals surface area contributed by atoms with E-state index in [0.717, 1.165) is 42.2 Å². The molecule has 3 aromatic carbocycles. The fourth-order valence-electron chi connectivity index (χ4n) is 5.18. The van der Waals surface area contributed by atoms with Crippen LogP contribution < -0.4 is 5.56 Å². The Morgan fingerprint density at radius 1 is 0.872 bits per heavy atom. The van der Waals surface area contributed by atoms with Gasteiger partial charge in [-0.3, -0.25) is 13.9 Å². The number of nitrogens with zero attached hydrogens (tertiary/aromatic N) is 5. The number of rotatable bonds is 6. The Morgan fingerprint density at radius 3 is 2.44 bits per heavy atom. The van der Waals surface area contributed by atoms with Crippen LogP contribution in [0.5, 0.6) is 0 Å². The summed E-state index contributed by atoms with van der Waals surface area (Å²) in [6.45, 7) is 0. The fourth-order valence-corrected chi connectivity index (χ4v) is 6.82. The Kier molecular flexibility index (Phi) is 7.67. The molecule has 1 aliphatic carbocycles. The van der Waals surface area contributed by atoms with E-state index >= 15 is 0 Å². The summed E-state index contributed by atoms with van der Waals surface area (Å²) in [6, 6.07) is 20.4. The first-order valence-corrected chi connectivity index (χ1v) is 14.9. The molecule has 1 saturated carbocycles. The van der Waals surface area contributed by atoms with Crippen LogP contribution in [0.1, 0.15) is 44.0 Å². The molecule has 39 heavy (non-hydrogen) atoms. The summed E-state index contributed by atoms with van der Waals surface area (Å²) >= 11 is 20.8. The number of benzene rings is 3. The van der Waals surface area contributed by atoms with Crippen molar-refractivity contribution in [3.05, 3.63) is 98.0 Å². The van der Waals surface area contributed by atoms with Crippen molar-refractivity contribution in [2.24, 2.45) is 0 Å². The predicted octanol–water partition coefficient (Wildman–Crippen LogP) is 8.40. The maximum atomic E-state index is 13.7. The predicted molar refractivity (Wildman–Crippen MR) is 160 cm³/mol. The molecule has 6 nitrogen and oxygen atoms in total. The highest BCUT2D eigenvalue weighted by atomic mass is 35.5. The van der Waals surface area contributed by atoms with Gasteiger partial charge < -0.3 is 0 Å². The van der Waals surface area contributed by atoms with Crippen LogP contribution in [0.25, 0.3) is 28.0 Å². The van der Waals surface area contributed by atoms with Crippen LogP contribution in [-0.4, -0.2) is 24.3 Å². The van der Waals surface area contributed by atoms with E-state index < -0.39 is 0 Å². The molecule has 198 valence electrons. The SMILES string of the molecule is O=c1c2ccccc2nc(CSc2nnc(-c3ccc(Cl)cc3Cl)n2C2CCCCC2)n1-c1ccccc1Cl. The molecule has 0 radical (unpaired) electrons. The zero-order valence-electron chi connectivity index (χ0n) is 20.9. The van der Waals surface area contributed by atoms with Crippen molar-refractivity contribution in [1.82, 2.24) is 24.3 Å². The lowest BCUT2D eigenvalue weighted by atomic mass is 9.95. The Hall–Kier alpha value is -2.84. The van der Waals surface area contributed by atoms with Crippen molar-refractivity contribution in [3.8, 4) is 17.1 Å². The first-order chi connectivity index (χ1) is 19.0. The van der Waals surface area contributed by atoms with Crippen LogP contribution >= 0.6 is 46.6 Å². The minimum atomic E-state index is -0.160. The normalized spacial score (nSPS) is 14.2. The van der Waals surface area contributed by atoms with Crippen LogP contribution in [0, 0.1) is 0 Å². The molecule has 5 aromatic rings. The minimum Gasteiger partial charge on any atom is -0.299 e. The molecule has 2 aromatic heterocycles. The van der Waals surface area contributed by atoms with Crippen molar-refractivity contribution in [1.29, 1.82) is 0 Å². The van der Waals surface area contributed by atoms with Crippen LogP contribution in [0.4, 0.5) is 0 Å². The Labute approximate surface area is 245 Å². The molecule has 0 amide bonds. The van der Waals surface area contributed by atoms with Crippen molar-refractivity contribution in [2.45, 2.75) is 49.1 Å². The van der Waals surface area contributed by atoms with Gasteiger partial charge in [-0.05, 0) is 55.3 Å². The number of thioether (sulfide) groups is 1. The molecule has 2 heterocycles. The standard InChI is InChI=1S/C29H24Cl3N5OS/c30-18-14-15-20(23(32)16-18)27-34-35-29(36(27)19-8-2-1-3-9-19)39-17-26-33-24-12-6-4-10-21(24)28(38)37(26)25-13-7-5-11-22(25)31/h4-7,10-16,19H,1-3,8-9,17H2. The summed E-state index contributed by atoms with van der Waals surface area (Å²) < 4.78 is 3.81. The number of fused-ring (bicyclic) bond motifs is 1. The summed E-state index contributed by atoms with van der Waals surface area (Å²) in [5.41, 5.74) is 1.87. The highest BCUT2D eigenvalue weighted by molar-refractivity contribution is 7.98. The monoisotopic (exact) mass is 595 g/mol. The number of hydrogen-bond donors (Lipinski definition) is 0. The molecule has 0 bridgehead atoms. The third-order valence-corrected chi connectivity index (χ3v) is 8.85. The van der Waals surface area contributed by atoms with Crippen molar-refractivity contribution in [2.75, 3.05) is 0 Å². The van der Waals surface area contributed by atoms with Crippen LogP contribution in [0.2, 0.25) is 15.1 Å². The van der Waals surface area contributed by atoms with E-state index in [4.69, 9.17) is 39.8 Å². The molecule has 0 unspecified atom stereocenters. The van der Waals surface area contributed by atoms with Gasteiger partial charge in [0.1, 0.15) is 5.82 Å². The molecule has 0 N–H and O–H groups in total. The summed E-state index contributed by atoms with van der Waals surface area (Å²) in [6.07, 6.45) is 5.62. The number of hydrogen-bond acceptors (Lipinski definition) is 5. The molecule has 0 aliphatic heterocycles. The second kappa shape index (κ2) is 11.3. The van der Waals surface area contributed by atoms with Gasteiger partial charge in [0.15, 0.2) is 11.0 Å². The first-order valence-electron chi connectivity index (χ1n) is 12.8. The van der Waals surface area contributed by atoms with E-state index in [2.05, 4.69) is 14.8 Å². The van der Waals surface area contributed by atoms with Gasteiger partial charge in [0.2, 0.25) is 0 Å². The summed E-state index contributed by atoms with van der Waals surface area (Å²) in [5.74, 6) is 1.70. The van der Waals surface area contributed by atoms with Gasteiger partial charge >= 0.3 is 0 Å². The second-order valence-corrected chi connectivity index (χ2v) is 11.7. The first kappa shape index (κ1) is 26.4. The summed E-state index contributed by atoms with van der Waals surface area (Å²) in [4.78, 5) is 18.6. The average molecular weight is 597 g/mol. The largest absolute Gasteiger partial charge is 0.299 e. The van der Waals surface area contributed by atoms with Gasteiger partial charge in [0, 0.05) is 16.6 Å². The van der Waals surface area contributed by atoms with E-state index in [-0.39, 0.29) is 11.6 Å². The summed E-state index contributed by atoms with van der Waals surface area (Å²) in [7, 11) is 0. The molecule has 0 atom stereocenters. The zero-order chi connectivity index (χ0) is 26.9. The highest BCUT2D eigenvalue weighted by Crippen LogP contribution is 2.38. The fraction of sp³-hybridized carbons (Fsp3) is 0.241. The zero-order valence-corrected chi connectivity index (χ0v) is 23.9. The molecule has 0 saturated heterocycles. The van der Waals surface area contributed by atoms with E-state index in [1.165, 1.54) is 18.2 Å². The van der Waals surface area contributed by atoms with Crippen molar-refractivity contribution >= 4 is 57.5 Å². The molecule has 1 fully saturated rings. The van der Waals surface area contributed by atoms with E-state index in [0.29, 0.717) is 43.2 Å². The van der Waals surface area contributed by atoms with Crippen molar-refractivity contribution < 1.29 is 0 Å². The third kappa shape index (κ3) is 5.21. The Balaban J connectivity index is 1.44. The van der Waals surface area contributed by atoms with Gasteiger partial charge in [-0.15, -0.1) is 10.2 Å². The molecule has 10 heteroatoms. The second-order valence-electron chi connectivity index (χ2n) is 9.52. The van der Waals surface area contributed by atoms with Crippen LogP contribution in [0.15, 0.2) is 76.7 Å². The molecule has 0 spiro atoms. The Morgan fingerprint density at radius 2 is 1.64 bits per heavy atom. The van der Waals surface area contributed by atoms with Crippen LogP contribution in [0.3, 0.4) is 0 Å². The lowest BCUT2D eigenvalue weighted by molar-refractivity contribution is 0.339. The highest BCUT2D eigenvalue weighted by Gasteiger charge is 2.26. The van der Waals surface area contributed by atoms with Crippen molar-refractivity contribution in [3.63, 3.8) is 0 Å². The van der Waals surface area contributed by atoms with Gasteiger partial charge in [0.25, 0.3) is 5.56 Å². The topological polar surface area (TPSA) is 65.6 Å². The molecular weight excluding hydrogens is 573 g/mol. The molecule has 6 rings (SSSR count). The van der Waals surface area contributed by atoms with E-state index in [1.54, 1.807) is 22.8 Å². The lowest BCUT2D eigenvalue weighted by Crippen LogP contribution is -2.24. The lowest BCUT2D eigenvalue weighted by Gasteiger charge is -2.26. The number of para-hydroxylation sites is 2. The molecular formula is C29H24Cl3N5OS. The number of aromatic nitrogens is 5. The minimum absolute atomic E-state index is 0.160. The van der Waals surface area contributed by atoms with Gasteiger partial charge in [-0.25, -0.2) is 4.98 Å². The van der Waals surface area contributed by atoms with Gasteiger partial charge in [0.05, 0.1) is 32.4 Å². The quantitative estimate of drug-likeness (QED) is 0.184. The van der Waals surface area contributed by atoms with E-state index in [1.807, 2.05) is 48.5 Å².